The van der Waals surface area contributed by atoms with Gasteiger partial charge in [0.2, 0.25) is 6.10 Å². The van der Waals surface area contributed by atoms with Gasteiger partial charge in [-0.2, -0.15) is 8.78 Å². The summed E-state index contributed by atoms with van der Waals surface area (Å²) in [6, 6.07) is 32.2. The molecule has 9 fully saturated rings. The summed E-state index contributed by atoms with van der Waals surface area (Å²) >= 11 is 0. The molecule has 3 atom stereocenters. The second kappa shape index (κ2) is 40.6. The van der Waals surface area contributed by atoms with Crippen molar-refractivity contribution in [2.24, 2.45) is 57.2 Å². The lowest BCUT2D eigenvalue weighted by Gasteiger charge is -2.60. The van der Waals surface area contributed by atoms with E-state index in [-0.39, 0.29) is 105 Å². The molecule has 0 radical (unpaired) electrons. The van der Waals surface area contributed by atoms with Crippen LogP contribution in [0.1, 0.15) is 259 Å². The molecule has 1 heterocycles. The van der Waals surface area contributed by atoms with Gasteiger partial charge in [0.1, 0.15) is 24.4 Å². The molecule has 12 rings (SSSR count). The molecule has 3 aromatic carbocycles. The van der Waals surface area contributed by atoms with Crippen LogP contribution < -0.4 is 0 Å². The van der Waals surface area contributed by atoms with Crippen molar-refractivity contribution >= 4 is 56.8 Å². The zero-order valence-electron chi connectivity index (χ0n) is 56.5. The lowest BCUT2D eigenvalue weighted by molar-refractivity contribution is -0.225. The molecule has 16 nitrogen and oxygen atoms in total. The number of hydrogen-bond donors (Lipinski definition) is 1. The summed E-state index contributed by atoms with van der Waals surface area (Å²) in [4.78, 5) is 73.8. The van der Waals surface area contributed by atoms with E-state index in [0.717, 1.165) is 56.8 Å². The van der Waals surface area contributed by atoms with Gasteiger partial charge < -0.3 is 38.1 Å². The van der Waals surface area contributed by atoms with Crippen molar-refractivity contribution in [3.63, 3.8) is 0 Å². The fraction of sp³-hybridized carbons (Fsp3) is 0.700. The van der Waals surface area contributed by atoms with Crippen LogP contribution in [0.15, 0.2) is 106 Å². The molecule has 576 valence electrons. The molecule has 8 saturated carbocycles. The van der Waals surface area contributed by atoms with Gasteiger partial charge in [0.25, 0.3) is 0 Å². The molecule has 20 heteroatoms. The second-order valence-corrected chi connectivity index (χ2v) is 32.5. The molecule has 1 saturated heterocycles. The molecule has 3 unspecified atom stereocenters. The maximum absolute atomic E-state index is 12.7. The van der Waals surface area contributed by atoms with E-state index in [4.69, 9.17) is 18.9 Å². The highest BCUT2D eigenvalue weighted by atomic mass is 32.2. The van der Waals surface area contributed by atoms with Crippen molar-refractivity contribution in [2.45, 2.75) is 301 Å². The van der Waals surface area contributed by atoms with Gasteiger partial charge in [-0.05, 0) is 224 Å². The lowest BCUT2D eigenvalue weighted by atomic mass is 9.49. The smallest absolute Gasteiger partial charge is 0.428 e. The fourth-order valence-electron chi connectivity index (χ4n) is 13.9. The third kappa shape index (κ3) is 24.6. The lowest BCUT2D eigenvalue weighted by Crippen LogP contribution is -2.61. The van der Waals surface area contributed by atoms with Crippen molar-refractivity contribution in [3.8, 4) is 0 Å². The van der Waals surface area contributed by atoms with Crippen LogP contribution in [0.5, 0.6) is 0 Å². The third-order valence-corrected chi connectivity index (χ3v) is 23.6. The zero-order valence-corrected chi connectivity index (χ0v) is 58.1. The van der Waals surface area contributed by atoms with Crippen LogP contribution in [0, 0.1) is 57.2 Å². The Morgan fingerprint density at radius 1 is 0.530 bits per heavy atom. The first-order chi connectivity index (χ1) is 42.9. The highest BCUT2D eigenvalue weighted by Crippen LogP contribution is 2.62. The molecule has 1 aliphatic heterocycles. The Labute approximate surface area is 607 Å². The molecule has 3 aromatic rings. The minimum atomic E-state index is -6.15. The van der Waals surface area contributed by atoms with Gasteiger partial charge in [0, 0.05) is 12.8 Å². The molecule has 8 aliphatic carbocycles. The van der Waals surface area contributed by atoms with Gasteiger partial charge >= 0.3 is 41.1 Å². The number of esters is 6. The minimum absolute atomic E-state index is 0. The molecule has 1 N–H and O–H groups in total. The SMILES string of the molecule is C.C.C.C.C.C.C.C.CCC(C)(C)C(=O)OC1(CC)C2CC3CC(C2)CC1C3.CCC(C)(C)C(=O)OC12CC3CC(CC(O)(C3)C1)C2.CCC(C)(C)C(=O)OC1CCOC1=O.CCC(C)(C)C(=O)OCCOC(=O)C(F)(F)S(=O)(=O)[O-].c1ccc([S+](c2ccccc2)c2ccccc2)cc1. The monoisotopic (exact) mass is 1450 g/mol. The summed E-state index contributed by atoms with van der Waals surface area (Å²) in [6.45, 7) is 23.8. The number of alkyl halides is 2. The molecule has 100 heavy (non-hydrogen) atoms. The molecule has 9 aliphatic rings. The topological polar surface area (TPSA) is 235 Å². The molecular formula is C80H134F2O16S2. The van der Waals surface area contributed by atoms with Crippen molar-refractivity contribution in [3.05, 3.63) is 91.0 Å². The van der Waals surface area contributed by atoms with Crippen LogP contribution >= 0.6 is 0 Å². The van der Waals surface area contributed by atoms with Crippen molar-refractivity contribution in [2.75, 3.05) is 19.8 Å². The molecule has 8 bridgehead atoms. The average Bonchev–Trinajstić information content (AvgIpc) is 0.827. The maximum Gasteiger partial charge on any atom is 0.428 e. The Hall–Kier alpha value is -5.44. The number of ether oxygens (including phenoxy) is 6. The van der Waals surface area contributed by atoms with Crippen molar-refractivity contribution in [1.29, 1.82) is 0 Å². The van der Waals surface area contributed by atoms with E-state index in [1.54, 1.807) is 34.6 Å². The first-order valence-corrected chi connectivity index (χ1v) is 35.7. The number of hydrogen-bond acceptors (Lipinski definition) is 16. The predicted octanol–water partition coefficient (Wildman–Crippen LogP) is 19.4. The van der Waals surface area contributed by atoms with Gasteiger partial charge in [-0.15, -0.1) is 0 Å². The highest BCUT2D eigenvalue weighted by Gasteiger charge is 2.61. The van der Waals surface area contributed by atoms with Gasteiger partial charge in [-0.25, -0.2) is 18.0 Å². The Balaban J connectivity index is -0.00000116. The highest BCUT2D eigenvalue weighted by molar-refractivity contribution is 7.97. The van der Waals surface area contributed by atoms with E-state index in [2.05, 4.69) is 114 Å². The molecule has 0 aromatic heterocycles. The summed E-state index contributed by atoms with van der Waals surface area (Å²) in [5, 5.41) is 5.48. The first kappa shape index (κ1) is 98.7. The minimum Gasteiger partial charge on any atom is -0.743 e. The molecular weight excluding hydrogens is 1320 g/mol. The van der Waals surface area contributed by atoms with Gasteiger partial charge in [0.05, 0.1) is 44.8 Å². The van der Waals surface area contributed by atoms with Crippen LogP contribution in [0.25, 0.3) is 0 Å². The number of benzene rings is 3. The zero-order chi connectivity index (χ0) is 68.3. The summed E-state index contributed by atoms with van der Waals surface area (Å²) in [6.07, 6.45) is 15.9. The van der Waals surface area contributed by atoms with Crippen LogP contribution in [0.4, 0.5) is 8.78 Å². The van der Waals surface area contributed by atoms with Crippen LogP contribution in [0.3, 0.4) is 0 Å². The average molecular weight is 1450 g/mol. The Bertz CT molecular complexity index is 2940. The van der Waals surface area contributed by atoms with E-state index in [9.17, 15) is 55.6 Å². The fourth-order valence-corrected chi connectivity index (χ4v) is 16.2. The van der Waals surface area contributed by atoms with Crippen molar-refractivity contribution in [1.82, 2.24) is 0 Å². The number of carbonyl (C=O) groups is 6. The largest absolute Gasteiger partial charge is 0.743 e. The summed E-state index contributed by atoms with van der Waals surface area (Å²) < 4.78 is 86.2. The predicted molar refractivity (Wildman–Crippen MR) is 398 cm³/mol. The van der Waals surface area contributed by atoms with Crippen molar-refractivity contribution < 1.29 is 84.0 Å². The maximum atomic E-state index is 12.7. The number of aliphatic hydroxyl groups is 1. The summed E-state index contributed by atoms with van der Waals surface area (Å²) in [5.41, 5.74) is -3.10. The Kier molecular flexibility index (Phi) is 40.1. The van der Waals surface area contributed by atoms with E-state index >= 15 is 0 Å². The van der Waals surface area contributed by atoms with Crippen LogP contribution in [0.2, 0.25) is 0 Å². The first-order valence-electron chi connectivity index (χ1n) is 33.1. The van der Waals surface area contributed by atoms with Crippen LogP contribution in [-0.4, -0.2) is 102 Å². The number of rotatable bonds is 20. The Morgan fingerprint density at radius 2 is 0.880 bits per heavy atom. The molecule has 0 spiro atoms. The standard InChI is InChI=1S/C18H30O2.C18H15S.C16H26O3.C10H16F2O7S.C10H16O4.8CH4/c1-5-17(3,4)16(19)20-18(6-2)14-8-12-7-13(10-14)11-15(18)9-12;1-4-10-16(11-5-1)19(17-12-6-2-7-13-17)18-14-8-3-9-15-18;1-4-14(2,3)13(17)19-16-8-11-5-12(9-16)7-15(18,6-11)10-16;1-4-9(2,3)7(13)18-5-6-19-8(14)10(11,12)20(15,16)17;1-4-10(2,3)9(12)14-7-5-6-13-8(7)11;;;;;;;;/h12-15H,5-11H2,1-4H3;1-15H;11-12,18H,4-10H2,1-3H3;4-6H2,1-3H3,(H,15,16,17);7H,4-6H2,1-3H3;8*1H4/q;+1;;;;;;;;;;;/p-1. The summed E-state index contributed by atoms with van der Waals surface area (Å²) in [5.74, 6) is 0.319. The van der Waals surface area contributed by atoms with E-state index in [1.807, 2.05) is 41.5 Å². The quantitative estimate of drug-likeness (QED) is 0.0364. The second-order valence-electron chi connectivity index (χ2n) is 29.0. The van der Waals surface area contributed by atoms with Crippen LogP contribution in [-0.2, 0) is 78.2 Å². The Morgan fingerprint density at radius 3 is 1.22 bits per heavy atom. The van der Waals surface area contributed by atoms with E-state index in [1.165, 1.54) is 53.2 Å². The molecule has 0 amide bonds. The van der Waals surface area contributed by atoms with Gasteiger partial charge in [-0.3, -0.25) is 19.2 Å². The number of carbonyl (C=O) groups excluding carboxylic acids is 6. The third-order valence-electron chi connectivity index (χ3n) is 20.6. The van der Waals surface area contributed by atoms with E-state index < -0.39 is 74.4 Å². The normalized spacial score (nSPS) is 24.7. The number of cyclic esters (lactones) is 1. The number of halogens is 2. The summed E-state index contributed by atoms with van der Waals surface area (Å²) in [7, 11) is -6.16. The van der Waals surface area contributed by atoms with Gasteiger partial charge in [-0.1, -0.05) is 149 Å². The van der Waals surface area contributed by atoms with E-state index in [0.29, 0.717) is 56.0 Å². The van der Waals surface area contributed by atoms with Gasteiger partial charge in [0.15, 0.2) is 24.8 Å².